The zero-order valence-electron chi connectivity index (χ0n) is 23.7. The number of anilines is 1. The molecule has 3 heterocycles. The smallest absolute Gasteiger partial charge is 0.165 e. The Labute approximate surface area is 223 Å². The van der Waals surface area contributed by atoms with Crippen LogP contribution in [0.15, 0.2) is 12.3 Å². The van der Waals surface area contributed by atoms with Crippen LogP contribution in [0.3, 0.4) is 0 Å². The highest BCUT2D eigenvalue weighted by atomic mass is 28.3. The molecule has 8 nitrogen and oxygen atoms in total. The van der Waals surface area contributed by atoms with Crippen molar-refractivity contribution in [1.29, 1.82) is 0 Å². The van der Waals surface area contributed by atoms with E-state index in [0.29, 0.717) is 24.6 Å². The summed E-state index contributed by atoms with van der Waals surface area (Å²) in [6.07, 6.45) is 5.08. The third-order valence-electron chi connectivity index (χ3n) is 7.97. The largest absolute Gasteiger partial charge is 0.397 e. The second-order valence-corrected chi connectivity index (χ2v) is 25.1. The molecule has 0 radical (unpaired) electrons. The topological polar surface area (TPSA) is 93.0 Å². The lowest BCUT2D eigenvalue weighted by Gasteiger charge is -2.20. The van der Waals surface area contributed by atoms with Gasteiger partial charge in [0.15, 0.2) is 11.5 Å². The molecule has 37 heavy (non-hydrogen) atoms. The lowest BCUT2D eigenvalue weighted by Crippen LogP contribution is -2.23. The molecule has 10 heteroatoms. The second-order valence-electron chi connectivity index (χ2n) is 13.9. The van der Waals surface area contributed by atoms with Gasteiger partial charge in [0.25, 0.3) is 0 Å². The van der Waals surface area contributed by atoms with Gasteiger partial charge < -0.3 is 15.2 Å². The van der Waals surface area contributed by atoms with Crippen LogP contribution in [0.2, 0.25) is 51.4 Å². The number of pyridine rings is 1. The van der Waals surface area contributed by atoms with Crippen molar-refractivity contribution in [3.63, 3.8) is 0 Å². The SMILES string of the molecule is C[C@@]12Cc3c(c(-c4nc5cc(N)cnc5n4COCC[Si](C)(C)C)nn3COCC[Si](C)(C)C)C[C@@H]1C2. The van der Waals surface area contributed by atoms with E-state index in [1.54, 1.807) is 6.20 Å². The van der Waals surface area contributed by atoms with E-state index in [9.17, 15) is 0 Å². The Hall–Kier alpha value is -2.02. The normalized spacial score (nSPS) is 21.3. The second kappa shape index (κ2) is 9.62. The van der Waals surface area contributed by atoms with Crippen molar-refractivity contribution in [2.45, 2.75) is 91.0 Å². The first-order chi connectivity index (χ1) is 17.3. The number of nitrogens with two attached hydrogens (primary N) is 1. The van der Waals surface area contributed by atoms with Gasteiger partial charge in [0.1, 0.15) is 24.7 Å². The Kier molecular flexibility index (Phi) is 6.91. The fourth-order valence-electron chi connectivity index (χ4n) is 5.29. The number of ether oxygens (including phenoxy) is 2. The highest BCUT2D eigenvalue weighted by Gasteiger charge is 2.54. The van der Waals surface area contributed by atoms with Gasteiger partial charge in [-0.1, -0.05) is 46.2 Å². The van der Waals surface area contributed by atoms with Crippen LogP contribution in [0.4, 0.5) is 5.69 Å². The molecule has 2 atom stereocenters. The highest BCUT2D eigenvalue weighted by molar-refractivity contribution is 6.76. The first-order valence-electron chi connectivity index (χ1n) is 13.7. The number of imidazole rings is 1. The van der Waals surface area contributed by atoms with Crippen molar-refractivity contribution < 1.29 is 9.47 Å². The Morgan fingerprint density at radius 1 is 1.05 bits per heavy atom. The maximum absolute atomic E-state index is 6.19. The molecule has 5 rings (SSSR count). The van der Waals surface area contributed by atoms with Gasteiger partial charge in [-0.15, -0.1) is 0 Å². The van der Waals surface area contributed by atoms with Gasteiger partial charge in [0.2, 0.25) is 0 Å². The lowest BCUT2D eigenvalue weighted by molar-refractivity contribution is 0.0756. The van der Waals surface area contributed by atoms with E-state index in [2.05, 4.69) is 60.4 Å². The van der Waals surface area contributed by atoms with Crippen LogP contribution in [0.5, 0.6) is 0 Å². The minimum atomic E-state index is -1.18. The van der Waals surface area contributed by atoms with Gasteiger partial charge in [0.05, 0.1) is 11.9 Å². The number of nitrogens with zero attached hydrogens (tertiary/aromatic N) is 5. The monoisotopic (exact) mass is 540 g/mol. The van der Waals surface area contributed by atoms with Crippen molar-refractivity contribution in [3.8, 4) is 11.5 Å². The lowest BCUT2D eigenvalue weighted by atomic mass is 9.87. The number of hydrogen-bond acceptors (Lipinski definition) is 6. The Morgan fingerprint density at radius 3 is 2.41 bits per heavy atom. The number of nitrogen functional groups attached to an aromatic ring is 1. The molecule has 3 aromatic rings. The van der Waals surface area contributed by atoms with E-state index in [1.807, 2.05) is 6.07 Å². The van der Waals surface area contributed by atoms with E-state index in [-0.39, 0.29) is 0 Å². The maximum atomic E-state index is 6.19. The Balaban J connectivity index is 1.48. The average Bonchev–Trinajstić information content (AvgIpc) is 3.15. The fourth-order valence-corrected chi connectivity index (χ4v) is 6.81. The summed E-state index contributed by atoms with van der Waals surface area (Å²) in [6, 6.07) is 4.17. The van der Waals surface area contributed by atoms with Crippen LogP contribution in [0.25, 0.3) is 22.7 Å². The molecule has 0 amide bonds. The van der Waals surface area contributed by atoms with Gasteiger partial charge >= 0.3 is 0 Å². The predicted octanol–water partition coefficient (Wildman–Crippen LogP) is 5.63. The molecular formula is C27H44N6O2Si2. The maximum Gasteiger partial charge on any atom is 0.165 e. The molecule has 2 aliphatic carbocycles. The van der Waals surface area contributed by atoms with E-state index in [4.69, 9.17) is 25.3 Å². The number of aromatic nitrogens is 5. The van der Waals surface area contributed by atoms with Crippen molar-refractivity contribution in [2.24, 2.45) is 11.3 Å². The number of fused-ring (bicyclic) bond motifs is 3. The molecule has 1 saturated carbocycles. The summed E-state index contributed by atoms with van der Waals surface area (Å²) in [5.74, 6) is 1.55. The summed E-state index contributed by atoms with van der Waals surface area (Å²) >= 11 is 0. The van der Waals surface area contributed by atoms with Crippen LogP contribution in [-0.2, 0) is 35.8 Å². The number of hydrogen-bond donors (Lipinski definition) is 1. The first kappa shape index (κ1) is 26.6. The minimum Gasteiger partial charge on any atom is -0.397 e. The summed E-state index contributed by atoms with van der Waals surface area (Å²) in [5.41, 5.74) is 12.2. The minimum absolute atomic E-state index is 0.399. The average molecular weight is 541 g/mol. The Bertz CT molecular complexity index is 1290. The third-order valence-corrected chi connectivity index (χ3v) is 11.4. The van der Waals surface area contributed by atoms with Gasteiger partial charge in [-0.25, -0.2) is 14.6 Å². The summed E-state index contributed by atoms with van der Waals surface area (Å²) in [4.78, 5) is 9.66. The van der Waals surface area contributed by atoms with E-state index < -0.39 is 16.1 Å². The molecule has 202 valence electrons. The fraction of sp³-hybridized carbons (Fsp3) is 0.667. The van der Waals surface area contributed by atoms with Crippen LogP contribution in [0.1, 0.15) is 24.6 Å². The van der Waals surface area contributed by atoms with Gasteiger partial charge in [-0.05, 0) is 48.7 Å². The molecule has 2 aliphatic rings. The Morgan fingerprint density at radius 2 is 1.73 bits per heavy atom. The summed E-state index contributed by atoms with van der Waals surface area (Å²) < 4.78 is 16.5. The van der Waals surface area contributed by atoms with Gasteiger partial charge in [0, 0.05) is 40.6 Å². The van der Waals surface area contributed by atoms with Gasteiger partial charge in [-0.3, -0.25) is 4.57 Å². The van der Waals surface area contributed by atoms with Crippen molar-refractivity contribution in [2.75, 3.05) is 18.9 Å². The molecule has 0 bridgehead atoms. The number of rotatable bonds is 11. The summed E-state index contributed by atoms with van der Waals surface area (Å²) in [6.45, 7) is 19.1. The van der Waals surface area contributed by atoms with Crippen LogP contribution in [0, 0.1) is 11.3 Å². The molecule has 3 aromatic heterocycles. The molecule has 1 fully saturated rings. The summed E-state index contributed by atoms with van der Waals surface area (Å²) in [7, 11) is -2.33. The van der Waals surface area contributed by atoms with Crippen LogP contribution < -0.4 is 5.73 Å². The molecule has 0 aliphatic heterocycles. The van der Waals surface area contributed by atoms with Crippen molar-refractivity contribution in [3.05, 3.63) is 23.5 Å². The van der Waals surface area contributed by atoms with E-state index in [1.165, 1.54) is 17.7 Å². The van der Waals surface area contributed by atoms with E-state index >= 15 is 0 Å². The highest BCUT2D eigenvalue weighted by Crippen LogP contribution is 2.60. The van der Waals surface area contributed by atoms with Crippen molar-refractivity contribution in [1.82, 2.24) is 24.3 Å². The zero-order chi connectivity index (χ0) is 26.6. The molecule has 2 N–H and O–H groups in total. The predicted molar refractivity (Wildman–Crippen MR) is 155 cm³/mol. The standard InChI is InChI=1S/C27H44N6O2Si2/c1-27-14-19(27)12-21-23(15-27)33(18-35-9-11-37(5,6)7)31-24(21)26-30-22-13-20(28)16-29-25(22)32(26)17-34-8-10-36(2,3)4/h13,16,19H,8-12,14-15,17-18,28H2,1-7H3/t19-,27-/m1/s1. The van der Waals surface area contributed by atoms with Crippen LogP contribution >= 0.6 is 0 Å². The van der Waals surface area contributed by atoms with Crippen LogP contribution in [-0.4, -0.2) is 53.7 Å². The molecule has 0 spiro atoms. The molecular weight excluding hydrogens is 497 g/mol. The first-order valence-corrected chi connectivity index (χ1v) is 21.1. The quantitative estimate of drug-likeness (QED) is 0.250. The summed E-state index contributed by atoms with van der Waals surface area (Å²) in [5, 5.41) is 5.14. The third kappa shape index (κ3) is 5.87. The van der Waals surface area contributed by atoms with E-state index in [0.717, 1.165) is 66.7 Å². The molecule has 0 saturated heterocycles. The molecule has 0 unspecified atom stereocenters. The van der Waals surface area contributed by atoms with Gasteiger partial charge in [-0.2, -0.15) is 5.10 Å². The van der Waals surface area contributed by atoms with Crippen molar-refractivity contribution >= 4 is 33.0 Å². The molecule has 0 aromatic carbocycles. The zero-order valence-corrected chi connectivity index (χ0v) is 25.7.